The van der Waals surface area contributed by atoms with Crippen LogP contribution in [0.25, 0.3) is 0 Å². The first-order valence-corrected chi connectivity index (χ1v) is 10.1. The van der Waals surface area contributed by atoms with Gasteiger partial charge < -0.3 is 10.6 Å². The third-order valence-electron chi connectivity index (χ3n) is 4.41. The van der Waals surface area contributed by atoms with Crippen LogP contribution in [0.5, 0.6) is 0 Å². The Morgan fingerprint density at radius 2 is 1.63 bits per heavy atom. The Labute approximate surface area is 161 Å². The van der Waals surface area contributed by atoms with E-state index in [-0.39, 0.29) is 24.0 Å². The number of carbonyl (C=O) groups is 1. The molecule has 0 atom stereocenters. The predicted molar refractivity (Wildman–Crippen MR) is 110 cm³/mol. The van der Waals surface area contributed by atoms with Crippen molar-refractivity contribution in [3.8, 4) is 0 Å². The number of aromatic amines is 1. The van der Waals surface area contributed by atoms with Gasteiger partial charge in [-0.2, -0.15) is 0 Å². The average molecular weight is 382 g/mol. The van der Waals surface area contributed by atoms with Gasteiger partial charge in [0.1, 0.15) is 5.82 Å². The summed E-state index contributed by atoms with van der Waals surface area (Å²) >= 11 is 0. The first kappa shape index (κ1) is 23.0. The van der Waals surface area contributed by atoms with Crippen molar-refractivity contribution >= 4 is 17.4 Å². The Kier molecular flexibility index (Phi) is 9.85. The molecule has 0 spiro atoms. The highest BCUT2D eigenvalue weighted by Crippen LogP contribution is 2.18. The zero-order valence-corrected chi connectivity index (χ0v) is 17.2. The third-order valence-corrected chi connectivity index (χ3v) is 4.41. The molecule has 154 valence electrons. The molecule has 3 N–H and O–H groups in total. The second-order valence-electron chi connectivity index (χ2n) is 6.82. The van der Waals surface area contributed by atoms with Crippen LogP contribution in [0.3, 0.4) is 0 Å². The van der Waals surface area contributed by atoms with Crippen LogP contribution < -0.4 is 21.9 Å². The van der Waals surface area contributed by atoms with Crippen LogP contribution in [0.15, 0.2) is 9.59 Å². The van der Waals surface area contributed by atoms with E-state index in [0.29, 0.717) is 19.5 Å². The molecule has 1 aromatic heterocycles. The number of hydrogen-bond acceptors (Lipinski definition) is 5. The van der Waals surface area contributed by atoms with Crippen LogP contribution >= 0.6 is 0 Å². The minimum Gasteiger partial charge on any atom is -0.383 e. The molecule has 1 rings (SSSR count). The van der Waals surface area contributed by atoms with E-state index in [1.165, 1.54) is 9.47 Å². The minimum atomic E-state index is -0.605. The van der Waals surface area contributed by atoms with Gasteiger partial charge in [-0.25, -0.2) is 4.79 Å². The molecule has 0 aliphatic heterocycles. The van der Waals surface area contributed by atoms with Crippen molar-refractivity contribution in [2.45, 2.75) is 66.3 Å². The zero-order valence-electron chi connectivity index (χ0n) is 17.2. The molecule has 1 heterocycles. The fourth-order valence-corrected chi connectivity index (χ4v) is 3.14. The van der Waals surface area contributed by atoms with Crippen LogP contribution in [-0.2, 0) is 11.3 Å². The second kappa shape index (κ2) is 11.6. The molecule has 0 unspecified atom stereocenters. The Balaban J connectivity index is 3.30. The number of rotatable bonds is 12. The van der Waals surface area contributed by atoms with Crippen molar-refractivity contribution in [2.24, 2.45) is 0 Å². The largest absolute Gasteiger partial charge is 0.383 e. The SMILES string of the molecule is CCCCN(C(=O)CN(CCC)CCC)c1c(N)n(CCC)c(=O)[nH]c1=O. The fourth-order valence-electron chi connectivity index (χ4n) is 3.14. The lowest BCUT2D eigenvalue weighted by atomic mass is 10.2. The van der Waals surface area contributed by atoms with Crippen LogP contribution in [0.4, 0.5) is 11.5 Å². The molecular weight excluding hydrogens is 346 g/mol. The maximum absolute atomic E-state index is 13.1. The van der Waals surface area contributed by atoms with Crippen LogP contribution in [0.1, 0.15) is 59.8 Å². The summed E-state index contributed by atoms with van der Waals surface area (Å²) in [5.74, 6) is -0.100. The summed E-state index contributed by atoms with van der Waals surface area (Å²) in [7, 11) is 0. The van der Waals surface area contributed by atoms with Crippen molar-refractivity contribution in [1.82, 2.24) is 14.5 Å². The number of nitrogens with zero attached hydrogens (tertiary/aromatic N) is 3. The highest BCUT2D eigenvalue weighted by molar-refractivity contribution is 5.96. The van der Waals surface area contributed by atoms with E-state index in [4.69, 9.17) is 5.73 Å². The Morgan fingerprint density at radius 1 is 1.00 bits per heavy atom. The molecule has 1 aromatic rings. The van der Waals surface area contributed by atoms with Gasteiger partial charge in [0.05, 0.1) is 6.54 Å². The lowest BCUT2D eigenvalue weighted by Gasteiger charge is -2.28. The first-order valence-electron chi connectivity index (χ1n) is 10.1. The highest BCUT2D eigenvalue weighted by atomic mass is 16.2. The summed E-state index contributed by atoms with van der Waals surface area (Å²) in [4.78, 5) is 43.5. The average Bonchev–Trinajstić information content (AvgIpc) is 2.61. The zero-order chi connectivity index (χ0) is 20.4. The summed E-state index contributed by atoms with van der Waals surface area (Å²) in [6.45, 7) is 10.8. The Morgan fingerprint density at radius 3 is 2.15 bits per heavy atom. The molecule has 8 nitrogen and oxygen atoms in total. The van der Waals surface area contributed by atoms with E-state index in [1.807, 2.05) is 13.8 Å². The maximum Gasteiger partial charge on any atom is 0.330 e. The van der Waals surface area contributed by atoms with Gasteiger partial charge in [0.2, 0.25) is 5.91 Å². The van der Waals surface area contributed by atoms with Gasteiger partial charge in [0.15, 0.2) is 5.69 Å². The summed E-state index contributed by atoms with van der Waals surface area (Å²) in [5, 5.41) is 0. The molecule has 0 radical (unpaired) electrons. The number of amides is 1. The van der Waals surface area contributed by atoms with Gasteiger partial charge in [-0.3, -0.25) is 24.0 Å². The molecule has 0 saturated heterocycles. The van der Waals surface area contributed by atoms with Crippen LogP contribution in [0, 0.1) is 0 Å². The van der Waals surface area contributed by atoms with Crippen molar-refractivity contribution in [2.75, 3.05) is 36.8 Å². The molecule has 1 amide bonds. The predicted octanol–water partition coefficient (Wildman–Crippen LogP) is 1.78. The summed E-state index contributed by atoms with van der Waals surface area (Å²) in [6.07, 6.45) is 4.22. The molecular formula is C19H35N5O3. The summed E-state index contributed by atoms with van der Waals surface area (Å²) < 4.78 is 1.33. The Hall–Kier alpha value is -2.09. The van der Waals surface area contributed by atoms with E-state index < -0.39 is 11.2 Å². The van der Waals surface area contributed by atoms with Gasteiger partial charge in [-0.15, -0.1) is 0 Å². The third kappa shape index (κ3) is 6.23. The van der Waals surface area contributed by atoms with E-state index in [0.717, 1.165) is 38.8 Å². The number of unbranched alkanes of at least 4 members (excludes halogenated alkanes) is 1. The van der Waals surface area contributed by atoms with Crippen LogP contribution in [-0.4, -0.2) is 46.5 Å². The number of anilines is 2. The monoisotopic (exact) mass is 381 g/mol. The van der Waals surface area contributed by atoms with Gasteiger partial charge in [-0.05, 0) is 38.8 Å². The molecule has 0 saturated carbocycles. The lowest BCUT2D eigenvalue weighted by Crippen LogP contribution is -2.46. The van der Waals surface area contributed by atoms with E-state index >= 15 is 0 Å². The van der Waals surface area contributed by atoms with Crippen molar-refractivity contribution < 1.29 is 4.79 Å². The first-order chi connectivity index (χ1) is 12.9. The van der Waals surface area contributed by atoms with E-state index in [2.05, 4.69) is 23.7 Å². The fraction of sp³-hybridized carbons (Fsp3) is 0.737. The molecule has 0 aliphatic rings. The Bertz CT molecular complexity index is 704. The molecule has 0 aliphatic carbocycles. The number of H-pyrrole nitrogens is 1. The number of nitrogen functional groups attached to an aromatic ring is 1. The van der Waals surface area contributed by atoms with E-state index in [1.54, 1.807) is 0 Å². The summed E-state index contributed by atoms with van der Waals surface area (Å²) in [5.41, 5.74) is 5.11. The molecule has 8 heteroatoms. The number of aromatic nitrogens is 2. The number of carbonyl (C=O) groups excluding carboxylic acids is 1. The van der Waals surface area contributed by atoms with Gasteiger partial charge in [0.25, 0.3) is 5.56 Å². The second-order valence-corrected chi connectivity index (χ2v) is 6.82. The number of nitrogens with one attached hydrogen (secondary N) is 1. The number of hydrogen-bond donors (Lipinski definition) is 2. The molecule has 0 bridgehead atoms. The topological polar surface area (TPSA) is 104 Å². The van der Waals surface area contributed by atoms with Gasteiger partial charge >= 0.3 is 5.69 Å². The van der Waals surface area contributed by atoms with Crippen LogP contribution in [0.2, 0.25) is 0 Å². The normalized spacial score (nSPS) is 11.1. The quantitative estimate of drug-likeness (QED) is 0.574. The smallest absolute Gasteiger partial charge is 0.330 e. The van der Waals surface area contributed by atoms with Crippen molar-refractivity contribution in [3.63, 3.8) is 0 Å². The maximum atomic E-state index is 13.1. The van der Waals surface area contributed by atoms with Crippen molar-refractivity contribution in [1.29, 1.82) is 0 Å². The minimum absolute atomic E-state index is 0.0626. The standard InChI is InChI=1S/C19H35N5O3/c1-5-9-13-23(15(25)14-22(10-6-2)11-7-3)16-17(20)24(12-8-4)19(27)21-18(16)26/h5-14,20H2,1-4H3,(H,21,26,27). The molecule has 0 fully saturated rings. The summed E-state index contributed by atoms with van der Waals surface area (Å²) in [6, 6.07) is 0. The van der Waals surface area contributed by atoms with Gasteiger partial charge in [0, 0.05) is 13.1 Å². The lowest BCUT2D eigenvalue weighted by molar-refractivity contribution is -0.119. The van der Waals surface area contributed by atoms with Gasteiger partial charge in [-0.1, -0.05) is 34.1 Å². The number of nitrogens with two attached hydrogens (primary N) is 1. The molecule has 27 heavy (non-hydrogen) atoms. The van der Waals surface area contributed by atoms with E-state index in [9.17, 15) is 14.4 Å². The van der Waals surface area contributed by atoms with Crippen molar-refractivity contribution in [3.05, 3.63) is 20.8 Å². The molecule has 0 aromatic carbocycles. The highest BCUT2D eigenvalue weighted by Gasteiger charge is 2.25.